The number of likely N-dealkylation sites (tertiary alicyclic amines) is 1. The molecule has 0 atom stereocenters. The average Bonchev–Trinajstić information content (AvgIpc) is 2.36. The third-order valence-electron chi connectivity index (χ3n) is 3.75. The summed E-state index contributed by atoms with van der Waals surface area (Å²) in [5.41, 5.74) is 0.101. The minimum absolute atomic E-state index is 0.152. The van der Waals surface area contributed by atoms with E-state index in [4.69, 9.17) is 0 Å². The van der Waals surface area contributed by atoms with Crippen LogP contribution in [-0.2, 0) is 6.54 Å². The normalized spacial score (nSPS) is 14.4. The first kappa shape index (κ1) is 12.8. The molecule has 1 amide bonds. The maximum absolute atomic E-state index is 13.3. The number of aromatic nitrogens is 1. The second kappa shape index (κ2) is 4.74. The van der Waals surface area contributed by atoms with Gasteiger partial charge in [-0.15, -0.1) is 0 Å². The standard InChI is InChI=1S/C15H15FN2O2/c1-2-18-13(15(20)17-6-3-7-17)9-10-8-11(16)4-5-12(10)14(18)19/h4-5,8-9H,2-3,6-7H2,1H3. The highest BCUT2D eigenvalue weighted by atomic mass is 19.1. The van der Waals surface area contributed by atoms with Gasteiger partial charge in [0.05, 0.1) is 0 Å². The summed E-state index contributed by atoms with van der Waals surface area (Å²) in [4.78, 5) is 26.5. The van der Waals surface area contributed by atoms with Crippen molar-refractivity contribution < 1.29 is 9.18 Å². The fourth-order valence-electron chi connectivity index (χ4n) is 2.50. The molecule has 1 aliphatic rings. The molecule has 5 heteroatoms. The van der Waals surface area contributed by atoms with Crippen LogP contribution in [0.4, 0.5) is 4.39 Å². The smallest absolute Gasteiger partial charge is 0.270 e. The SMILES string of the molecule is CCn1c(C(=O)N2CCC2)cc2cc(F)ccc2c1=O. The summed E-state index contributed by atoms with van der Waals surface area (Å²) in [6, 6.07) is 5.64. The lowest BCUT2D eigenvalue weighted by Crippen LogP contribution is -2.44. The molecule has 0 spiro atoms. The number of halogens is 1. The number of amides is 1. The zero-order chi connectivity index (χ0) is 14.3. The van der Waals surface area contributed by atoms with Crippen molar-refractivity contribution in [1.29, 1.82) is 0 Å². The van der Waals surface area contributed by atoms with Gasteiger partial charge in [-0.1, -0.05) is 0 Å². The van der Waals surface area contributed by atoms with E-state index >= 15 is 0 Å². The highest BCUT2D eigenvalue weighted by molar-refractivity contribution is 5.97. The first-order valence-electron chi connectivity index (χ1n) is 6.74. The topological polar surface area (TPSA) is 42.3 Å². The second-order valence-electron chi connectivity index (χ2n) is 4.96. The van der Waals surface area contributed by atoms with Crippen LogP contribution in [0.25, 0.3) is 10.8 Å². The van der Waals surface area contributed by atoms with E-state index in [-0.39, 0.29) is 11.5 Å². The number of hydrogen-bond donors (Lipinski definition) is 0. The van der Waals surface area contributed by atoms with Gasteiger partial charge in [0.25, 0.3) is 11.5 Å². The number of fused-ring (bicyclic) bond motifs is 1. The van der Waals surface area contributed by atoms with E-state index in [1.807, 2.05) is 6.92 Å². The van der Waals surface area contributed by atoms with E-state index < -0.39 is 5.82 Å². The third kappa shape index (κ3) is 1.90. The van der Waals surface area contributed by atoms with E-state index in [9.17, 15) is 14.0 Å². The average molecular weight is 274 g/mol. The zero-order valence-corrected chi connectivity index (χ0v) is 11.2. The molecule has 2 heterocycles. The monoisotopic (exact) mass is 274 g/mol. The number of carbonyl (C=O) groups is 1. The largest absolute Gasteiger partial charge is 0.337 e. The molecule has 1 saturated heterocycles. The summed E-state index contributed by atoms with van der Waals surface area (Å²) < 4.78 is 14.8. The van der Waals surface area contributed by atoms with E-state index in [1.54, 1.807) is 11.0 Å². The summed E-state index contributed by atoms with van der Waals surface area (Å²) in [6.07, 6.45) is 0.990. The van der Waals surface area contributed by atoms with Crippen LogP contribution >= 0.6 is 0 Å². The van der Waals surface area contributed by atoms with Gasteiger partial charge in [-0.05, 0) is 43.0 Å². The number of rotatable bonds is 2. The maximum Gasteiger partial charge on any atom is 0.270 e. The lowest BCUT2D eigenvalue weighted by molar-refractivity contribution is 0.0639. The molecule has 104 valence electrons. The van der Waals surface area contributed by atoms with Crippen LogP contribution in [0.15, 0.2) is 29.1 Å². The molecule has 0 aliphatic carbocycles. The summed E-state index contributed by atoms with van der Waals surface area (Å²) in [6.45, 7) is 3.68. The van der Waals surface area contributed by atoms with Crippen molar-refractivity contribution in [3.8, 4) is 0 Å². The van der Waals surface area contributed by atoms with E-state index in [0.29, 0.717) is 23.0 Å². The van der Waals surface area contributed by atoms with Crippen LogP contribution in [0.1, 0.15) is 23.8 Å². The Morgan fingerprint density at radius 1 is 1.30 bits per heavy atom. The van der Waals surface area contributed by atoms with Crippen LogP contribution < -0.4 is 5.56 Å². The van der Waals surface area contributed by atoms with Gasteiger partial charge in [0, 0.05) is 25.0 Å². The molecule has 4 nitrogen and oxygen atoms in total. The fourth-order valence-corrected chi connectivity index (χ4v) is 2.50. The Hall–Kier alpha value is -2.17. The highest BCUT2D eigenvalue weighted by Gasteiger charge is 2.24. The quantitative estimate of drug-likeness (QED) is 0.840. The Labute approximate surface area is 115 Å². The Morgan fingerprint density at radius 3 is 2.65 bits per heavy atom. The van der Waals surface area contributed by atoms with Gasteiger partial charge < -0.3 is 9.47 Å². The van der Waals surface area contributed by atoms with Crippen LogP contribution in [-0.4, -0.2) is 28.5 Å². The summed E-state index contributed by atoms with van der Waals surface area (Å²) in [7, 11) is 0. The van der Waals surface area contributed by atoms with Crippen molar-refractivity contribution in [1.82, 2.24) is 9.47 Å². The minimum atomic E-state index is -0.409. The Balaban J connectivity index is 2.24. The molecular formula is C15H15FN2O2. The molecule has 0 saturated carbocycles. The molecule has 1 aromatic heterocycles. The molecule has 0 bridgehead atoms. The lowest BCUT2D eigenvalue weighted by atomic mass is 10.1. The van der Waals surface area contributed by atoms with Crippen LogP contribution in [0.5, 0.6) is 0 Å². The van der Waals surface area contributed by atoms with Crippen molar-refractivity contribution in [2.75, 3.05) is 13.1 Å². The Bertz CT molecular complexity index is 747. The molecule has 20 heavy (non-hydrogen) atoms. The van der Waals surface area contributed by atoms with E-state index in [1.165, 1.54) is 22.8 Å². The molecule has 0 unspecified atom stereocenters. The number of hydrogen-bond acceptors (Lipinski definition) is 2. The van der Waals surface area contributed by atoms with Crippen LogP contribution in [0.2, 0.25) is 0 Å². The number of carbonyl (C=O) groups excluding carboxylic acids is 1. The molecule has 0 radical (unpaired) electrons. The first-order valence-corrected chi connectivity index (χ1v) is 6.74. The van der Waals surface area contributed by atoms with Crippen molar-refractivity contribution >= 4 is 16.7 Å². The van der Waals surface area contributed by atoms with Crippen molar-refractivity contribution in [3.05, 3.63) is 46.1 Å². The predicted octanol–water partition coefficient (Wildman–Crippen LogP) is 2.01. The summed E-state index contributed by atoms with van der Waals surface area (Å²) >= 11 is 0. The molecule has 2 aromatic rings. The fraction of sp³-hybridized carbons (Fsp3) is 0.333. The minimum Gasteiger partial charge on any atom is -0.337 e. The van der Waals surface area contributed by atoms with Crippen LogP contribution in [0, 0.1) is 5.82 Å². The van der Waals surface area contributed by atoms with Gasteiger partial charge >= 0.3 is 0 Å². The maximum atomic E-state index is 13.3. The van der Waals surface area contributed by atoms with Crippen molar-refractivity contribution in [3.63, 3.8) is 0 Å². The van der Waals surface area contributed by atoms with Gasteiger partial charge in [0.1, 0.15) is 11.5 Å². The predicted molar refractivity (Wildman–Crippen MR) is 74.4 cm³/mol. The molecule has 1 aliphatic heterocycles. The molecule has 3 rings (SSSR count). The number of pyridine rings is 1. The van der Waals surface area contributed by atoms with Gasteiger partial charge in [0.2, 0.25) is 0 Å². The van der Waals surface area contributed by atoms with Gasteiger partial charge in [-0.25, -0.2) is 4.39 Å². The number of benzene rings is 1. The van der Waals surface area contributed by atoms with Crippen LogP contribution in [0.3, 0.4) is 0 Å². The molecule has 0 N–H and O–H groups in total. The van der Waals surface area contributed by atoms with Crippen molar-refractivity contribution in [2.24, 2.45) is 0 Å². The van der Waals surface area contributed by atoms with E-state index in [0.717, 1.165) is 19.5 Å². The third-order valence-corrected chi connectivity index (χ3v) is 3.75. The lowest BCUT2D eigenvalue weighted by Gasteiger charge is -2.31. The molecular weight excluding hydrogens is 259 g/mol. The van der Waals surface area contributed by atoms with Gasteiger partial charge in [0.15, 0.2) is 0 Å². The highest BCUT2D eigenvalue weighted by Crippen LogP contribution is 2.17. The van der Waals surface area contributed by atoms with E-state index in [2.05, 4.69) is 0 Å². The molecule has 1 fully saturated rings. The summed E-state index contributed by atoms with van der Waals surface area (Å²) in [5, 5.41) is 0.914. The van der Waals surface area contributed by atoms with Crippen molar-refractivity contribution in [2.45, 2.75) is 19.9 Å². The zero-order valence-electron chi connectivity index (χ0n) is 11.2. The number of nitrogens with zero attached hydrogens (tertiary/aromatic N) is 2. The van der Waals surface area contributed by atoms with Gasteiger partial charge in [-0.3, -0.25) is 9.59 Å². The Morgan fingerprint density at radius 2 is 2.05 bits per heavy atom. The van der Waals surface area contributed by atoms with Gasteiger partial charge in [-0.2, -0.15) is 0 Å². The Kier molecular flexibility index (Phi) is 3.04. The molecule has 1 aromatic carbocycles. The first-order chi connectivity index (χ1) is 9.61. The summed E-state index contributed by atoms with van der Waals surface area (Å²) in [5.74, 6) is -0.560. The second-order valence-corrected chi connectivity index (χ2v) is 4.96.